The predicted molar refractivity (Wildman–Crippen MR) is 76.1 cm³/mol. The number of amides is 2. The maximum absolute atomic E-state index is 13.5. The molecule has 9 heteroatoms. The zero-order chi connectivity index (χ0) is 17.8. The molecule has 2 unspecified atom stereocenters. The van der Waals surface area contributed by atoms with Crippen LogP contribution in [0.2, 0.25) is 0 Å². The van der Waals surface area contributed by atoms with Gasteiger partial charge in [0.1, 0.15) is 12.1 Å². The molecule has 0 aromatic heterocycles. The van der Waals surface area contributed by atoms with Gasteiger partial charge in [-0.1, -0.05) is 13.8 Å². The summed E-state index contributed by atoms with van der Waals surface area (Å²) in [5.74, 6) is -5.40. The number of carboxylic acid groups (broad SMARTS) is 1. The Labute approximate surface area is 133 Å². The first-order valence-electron chi connectivity index (χ1n) is 7.34. The molecule has 0 radical (unpaired) electrons. The lowest BCUT2D eigenvalue weighted by atomic mass is 10.0. The molecule has 132 valence electrons. The molecule has 2 N–H and O–H groups in total. The van der Waals surface area contributed by atoms with Crippen molar-refractivity contribution in [1.29, 1.82) is 0 Å². The molecular formula is C14H22F2N2O5. The second kappa shape index (κ2) is 7.56. The maximum atomic E-state index is 13.5. The standard InChI is InChI=1S/C14H22F2N2O5/c1-8(2)10(17-13(22)23-3)11(19)18-7-6-14(15,16)5-4-9(18)12(20)21/h8-10H,4-7H2,1-3H3,(H,17,22)(H,20,21). The van der Waals surface area contributed by atoms with E-state index < -0.39 is 48.8 Å². The van der Waals surface area contributed by atoms with Gasteiger partial charge in [-0.05, 0) is 12.3 Å². The lowest BCUT2D eigenvalue weighted by Crippen LogP contribution is -2.55. The molecule has 1 rings (SSSR count). The average molecular weight is 336 g/mol. The Balaban J connectivity index is 3.02. The van der Waals surface area contributed by atoms with Crippen molar-refractivity contribution < 1.29 is 33.0 Å². The number of methoxy groups -OCH3 is 1. The Morgan fingerprint density at radius 1 is 1.30 bits per heavy atom. The third-order valence-electron chi connectivity index (χ3n) is 3.84. The van der Waals surface area contributed by atoms with Gasteiger partial charge >= 0.3 is 12.1 Å². The second-order valence-corrected chi connectivity index (χ2v) is 5.89. The molecule has 2 amide bonds. The highest BCUT2D eigenvalue weighted by Gasteiger charge is 2.42. The van der Waals surface area contributed by atoms with E-state index in [2.05, 4.69) is 10.1 Å². The van der Waals surface area contributed by atoms with Gasteiger partial charge in [0, 0.05) is 19.4 Å². The third-order valence-corrected chi connectivity index (χ3v) is 3.84. The molecule has 1 saturated heterocycles. The van der Waals surface area contributed by atoms with Gasteiger partial charge in [0.25, 0.3) is 0 Å². The van der Waals surface area contributed by atoms with Gasteiger partial charge in [-0.2, -0.15) is 0 Å². The van der Waals surface area contributed by atoms with Crippen LogP contribution in [0.3, 0.4) is 0 Å². The minimum absolute atomic E-state index is 0.336. The van der Waals surface area contributed by atoms with Crippen molar-refractivity contribution in [3.05, 3.63) is 0 Å². The fourth-order valence-corrected chi connectivity index (χ4v) is 2.47. The number of nitrogens with zero attached hydrogens (tertiary/aromatic N) is 1. The first-order valence-corrected chi connectivity index (χ1v) is 7.34. The molecule has 1 aliphatic heterocycles. The van der Waals surface area contributed by atoms with E-state index in [0.29, 0.717) is 0 Å². The predicted octanol–water partition coefficient (Wildman–Crippen LogP) is 1.47. The number of ether oxygens (including phenoxy) is 1. The quantitative estimate of drug-likeness (QED) is 0.810. The van der Waals surface area contributed by atoms with Crippen molar-refractivity contribution in [2.24, 2.45) is 5.92 Å². The molecule has 2 atom stereocenters. The summed E-state index contributed by atoms with van der Waals surface area (Å²) in [7, 11) is 1.13. The van der Waals surface area contributed by atoms with Gasteiger partial charge in [0.15, 0.2) is 0 Å². The summed E-state index contributed by atoms with van der Waals surface area (Å²) >= 11 is 0. The highest BCUT2D eigenvalue weighted by atomic mass is 19.3. The maximum Gasteiger partial charge on any atom is 0.407 e. The van der Waals surface area contributed by atoms with Crippen molar-refractivity contribution in [3.63, 3.8) is 0 Å². The molecule has 1 fully saturated rings. The number of rotatable bonds is 4. The minimum atomic E-state index is -3.01. The molecule has 0 bridgehead atoms. The number of halogens is 2. The first kappa shape index (κ1) is 19.1. The second-order valence-electron chi connectivity index (χ2n) is 5.89. The Morgan fingerprint density at radius 2 is 1.91 bits per heavy atom. The van der Waals surface area contributed by atoms with Gasteiger partial charge in [-0.15, -0.1) is 0 Å². The minimum Gasteiger partial charge on any atom is -0.480 e. The highest BCUT2D eigenvalue weighted by Crippen LogP contribution is 2.31. The number of alkyl halides is 2. The van der Waals surface area contributed by atoms with E-state index in [0.717, 1.165) is 12.0 Å². The van der Waals surface area contributed by atoms with Crippen LogP contribution < -0.4 is 5.32 Å². The Hall–Kier alpha value is -1.93. The van der Waals surface area contributed by atoms with Crippen LogP contribution in [0.1, 0.15) is 33.1 Å². The molecule has 1 aliphatic rings. The zero-order valence-corrected chi connectivity index (χ0v) is 13.3. The van der Waals surface area contributed by atoms with E-state index in [-0.39, 0.29) is 18.9 Å². The number of hydrogen-bond acceptors (Lipinski definition) is 4. The summed E-state index contributed by atoms with van der Waals surface area (Å²) in [6, 6.07) is -2.38. The fraction of sp³-hybridized carbons (Fsp3) is 0.786. The van der Waals surface area contributed by atoms with Crippen LogP contribution in [0, 0.1) is 5.92 Å². The Kier molecular flexibility index (Phi) is 6.28. The molecular weight excluding hydrogens is 314 g/mol. The summed E-state index contributed by atoms with van der Waals surface area (Å²) in [6.45, 7) is 2.93. The number of carbonyl (C=O) groups excluding carboxylic acids is 2. The van der Waals surface area contributed by atoms with Gasteiger partial charge in [0.05, 0.1) is 7.11 Å². The summed E-state index contributed by atoms with van der Waals surface area (Å²) in [5, 5.41) is 11.6. The van der Waals surface area contributed by atoms with Gasteiger partial charge in [0.2, 0.25) is 11.8 Å². The van der Waals surface area contributed by atoms with E-state index in [1.807, 2.05) is 0 Å². The number of likely N-dealkylation sites (tertiary alicyclic amines) is 1. The summed E-state index contributed by atoms with van der Waals surface area (Å²) in [6.07, 6.45) is -2.38. The lowest BCUT2D eigenvalue weighted by Gasteiger charge is -2.32. The molecule has 0 aromatic rings. The van der Waals surface area contributed by atoms with Crippen LogP contribution >= 0.6 is 0 Å². The Morgan fingerprint density at radius 3 is 2.39 bits per heavy atom. The van der Waals surface area contributed by atoms with E-state index in [1.54, 1.807) is 13.8 Å². The van der Waals surface area contributed by atoms with Crippen molar-refractivity contribution in [2.45, 2.75) is 51.1 Å². The van der Waals surface area contributed by atoms with Crippen molar-refractivity contribution in [1.82, 2.24) is 10.2 Å². The normalized spacial score (nSPS) is 22.2. The van der Waals surface area contributed by atoms with Crippen LogP contribution in [0.4, 0.5) is 13.6 Å². The number of carboxylic acids is 1. The van der Waals surface area contributed by atoms with Crippen LogP contribution in [0.25, 0.3) is 0 Å². The SMILES string of the molecule is COC(=O)NC(C(=O)N1CCC(F)(F)CCC1C(=O)O)C(C)C. The van der Waals surface area contributed by atoms with Gasteiger partial charge < -0.3 is 20.1 Å². The molecule has 23 heavy (non-hydrogen) atoms. The topological polar surface area (TPSA) is 95.9 Å². The molecule has 0 spiro atoms. The van der Waals surface area contributed by atoms with Crippen LogP contribution in [-0.2, 0) is 14.3 Å². The highest BCUT2D eigenvalue weighted by molar-refractivity contribution is 5.89. The van der Waals surface area contributed by atoms with E-state index >= 15 is 0 Å². The Bertz CT molecular complexity index is 470. The van der Waals surface area contributed by atoms with Crippen LogP contribution in [-0.4, -0.2) is 59.6 Å². The smallest absolute Gasteiger partial charge is 0.407 e. The van der Waals surface area contributed by atoms with Crippen LogP contribution in [0.5, 0.6) is 0 Å². The molecule has 1 heterocycles. The van der Waals surface area contributed by atoms with Gasteiger partial charge in [-0.3, -0.25) is 4.79 Å². The van der Waals surface area contributed by atoms with E-state index in [9.17, 15) is 28.3 Å². The molecule has 0 saturated carbocycles. The summed E-state index contributed by atoms with van der Waals surface area (Å²) in [4.78, 5) is 36.3. The average Bonchev–Trinajstić information content (AvgIpc) is 2.61. The number of carbonyl (C=O) groups is 3. The van der Waals surface area contributed by atoms with E-state index in [4.69, 9.17) is 0 Å². The van der Waals surface area contributed by atoms with Gasteiger partial charge in [-0.25, -0.2) is 18.4 Å². The van der Waals surface area contributed by atoms with Crippen molar-refractivity contribution in [3.8, 4) is 0 Å². The largest absolute Gasteiger partial charge is 0.480 e. The number of alkyl carbamates (subject to hydrolysis) is 1. The molecule has 7 nitrogen and oxygen atoms in total. The number of nitrogens with one attached hydrogen (secondary N) is 1. The lowest BCUT2D eigenvalue weighted by molar-refractivity contribution is -0.151. The van der Waals surface area contributed by atoms with Crippen molar-refractivity contribution >= 4 is 18.0 Å². The fourth-order valence-electron chi connectivity index (χ4n) is 2.47. The van der Waals surface area contributed by atoms with E-state index in [1.165, 1.54) is 0 Å². The monoisotopic (exact) mass is 336 g/mol. The summed E-state index contributed by atoms with van der Waals surface area (Å²) in [5.41, 5.74) is 0. The summed E-state index contributed by atoms with van der Waals surface area (Å²) < 4.78 is 31.5. The first-order chi connectivity index (χ1) is 10.6. The van der Waals surface area contributed by atoms with Crippen LogP contribution in [0.15, 0.2) is 0 Å². The number of hydrogen-bond donors (Lipinski definition) is 2. The third kappa shape index (κ3) is 5.04. The van der Waals surface area contributed by atoms with Crippen molar-refractivity contribution in [2.75, 3.05) is 13.7 Å². The zero-order valence-electron chi connectivity index (χ0n) is 13.3. The molecule has 0 aromatic carbocycles. The number of aliphatic carboxylic acids is 1. The molecule has 0 aliphatic carbocycles.